The topological polar surface area (TPSA) is 44.8 Å². The molecular formula is C20H24ClN3O2S2. The SMILES string of the molecule is CCc1c(C)sc(NC(=S)N2CCN(c3cccc(Cl)c3)CC2)c1C(=O)OC. The second-order valence-electron chi connectivity index (χ2n) is 6.57. The first-order valence-corrected chi connectivity index (χ1v) is 10.8. The number of hydrogen-bond donors (Lipinski definition) is 1. The molecule has 1 aromatic heterocycles. The van der Waals surface area contributed by atoms with Crippen LogP contribution in [0.15, 0.2) is 24.3 Å². The maximum absolute atomic E-state index is 12.3. The summed E-state index contributed by atoms with van der Waals surface area (Å²) in [4.78, 5) is 17.8. The lowest BCUT2D eigenvalue weighted by Gasteiger charge is -2.37. The number of carbonyl (C=O) groups excluding carboxylic acids is 1. The molecule has 0 aliphatic carbocycles. The van der Waals surface area contributed by atoms with E-state index >= 15 is 0 Å². The van der Waals surface area contributed by atoms with Gasteiger partial charge in [0.15, 0.2) is 5.11 Å². The molecule has 28 heavy (non-hydrogen) atoms. The van der Waals surface area contributed by atoms with Crippen molar-refractivity contribution in [3.8, 4) is 0 Å². The summed E-state index contributed by atoms with van der Waals surface area (Å²) in [6, 6.07) is 7.90. The Hall–Kier alpha value is -1.83. The average Bonchev–Trinajstić information content (AvgIpc) is 3.02. The van der Waals surface area contributed by atoms with Gasteiger partial charge in [0.2, 0.25) is 0 Å². The molecule has 0 bridgehead atoms. The van der Waals surface area contributed by atoms with Gasteiger partial charge in [0.25, 0.3) is 0 Å². The number of benzene rings is 1. The molecule has 0 radical (unpaired) electrons. The van der Waals surface area contributed by atoms with E-state index in [1.807, 2.05) is 32.0 Å². The van der Waals surface area contributed by atoms with Gasteiger partial charge in [-0.25, -0.2) is 4.79 Å². The van der Waals surface area contributed by atoms with Gasteiger partial charge in [0.1, 0.15) is 5.00 Å². The monoisotopic (exact) mass is 437 g/mol. The highest BCUT2D eigenvalue weighted by molar-refractivity contribution is 7.80. The smallest absolute Gasteiger partial charge is 0.341 e. The van der Waals surface area contributed by atoms with Crippen LogP contribution in [0.5, 0.6) is 0 Å². The number of aryl methyl sites for hydroxylation is 1. The third kappa shape index (κ3) is 4.42. The standard InChI is InChI=1S/C20H24ClN3O2S2/c1-4-16-13(2)28-18(17(16)19(25)26-3)22-20(27)24-10-8-23(9-11-24)15-7-5-6-14(21)12-15/h5-7,12H,4,8-11H2,1-3H3,(H,22,27). The third-order valence-electron chi connectivity index (χ3n) is 4.91. The van der Waals surface area contributed by atoms with E-state index in [2.05, 4.69) is 21.2 Å². The number of halogens is 1. The first-order chi connectivity index (χ1) is 13.4. The molecule has 0 saturated carbocycles. The van der Waals surface area contributed by atoms with E-state index in [1.54, 1.807) is 11.3 Å². The van der Waals surface area contributed by atoms with Crippen molar-refractivity contribution in [2.24, 2.45) is 0 Å². The van der Waals surface area contributed by atoms with Crippen LogP contribution >= 0.6 is 35.2 Å². The van der Waals surface area contributed by atoms with Crippen molar-refractivity contribution >= 4 is 56.9 Å². The number of esters is 1. The molecule has 3 rings (SSSR count). The molecule has 0 atom stereocenters. The predicted octanol–water partition coefficient (Wildman–Crippen LogP) is 4.58. The molecule has 1 saturated heterocycles. The first-order valence-electron chi connectivity index (χ1n) is 9.21. The summed E-state index contributed by atoms with van der Waals surface area (Å²) in [5, 5.41) is 5.44. The Morgan fingerprint density at radius 2 is 2.04 bits per heavy atom. The van der Waals surface area contributed by atoms with Gasteiger partial charge in [0, 0.05) is 41.8 Å². The van der Waals surface area contributed by atoms with E-state index in [0.717, 1.165) is 58.8 Å². The van der Waals surface area contributed by atoms with E-state index < -0.39 is 0 Å². The van der Waals surface area contributed by atoms with Gasteiger partial charge in [-0.1, -0.05) is 24.6 Å². The molecule has 2 heterocycles. The van der Waals surface area contributed by atoms with E-state index in [-0.39, 0.29) is 5.97 Å². The van der Waals surface area contributed by atoms with Crippen LogP contribution < -0.4 is 10.2 Å². The van der Waals surface area contributed by atoms with Gasteiger partial charge < -0.3 is 19.9 Å². The van der Waals surface area contributed by atoms with Gasteiger partial charge in [-0.2, -0.15) is 0 Å². The number of piperazine rings is 1. The van der Waals surface area contributed by atoms with Crippen molar-refractivity contribution in [2.75, 3.05) is 43.5 Å². The lowest BCUT2D eigenvalue weighted by molar-refractivity contribution is 0.0601. The Morgan fingerprint density at radius 1 is 1.32 bits per heavy atom. The minimum absolute atomic E-state index is 0.322. The van der Waals surface area contributed by atoms with Gasteiger partial charge in [-0.05, 0) is 49.3 Å². The van der Waals surface area contributed by atoms with Crippen molar-refractivity contribution in [1.82, 2.24) is 4.90 Å². The highest BCUT2D eigenvalue weighted by Crippen LogP contribution is 2.34. The summed E-state index contributed by atoms with van der Waals surface area (Å²) in [5.74, 6) is -0.322. The Balaban J connectivity index is 1.67. The second kappa shape index (κ2) is 9.11. The van der Waals surface area contributed by atoms with Crippen LogP contribution in [0.4, 0.5) is 10.7 Å². The highest BCUT2D eigenvalue weighted by atomic mass is 35.5. The van der Waals surface area contributed by atoms with E-state index in [0.29, 0.717) is 10.7 Å². The summed E-state index contributed by atoms with van der Waals surface area (Å²) >= 11 is 13.3. The molecule has 5 nitrogen and oxygen atoms in total. The number of nitrogens with one attached hydrogen (secondary N) is 1. The zero-order valence-corrected chi connectivity index (χ0v) is 18.6. The van der Waals surface area contributed by atoms with Crippen molar-refractivity contribution in [3.63, 3.8) is 0 Å². The number of hydrogen-bond acceptors (Lipinski definition) is 5. The minimum Gasteiger partial charge on any atom is -0.465 e. The minimum atomic E-state index is -0.322. The van der Waals surface area contributed by atoms with Crippen molar-refractivity contribution in [2.45, 2.75) is 20.3 Å². The van der Waals surface area contributed by atoms with Crippen LogP contribution in [0.2, 0.25) is 5.02 Å². The van der Waals surface area contributed by atoms with Crippen molar-refractivity contribution < 1.29 is 9.53 Å². The maximum Gasteiger partial charge on any atom is 0.341 e. The highest BCUT2D eigenvalue weighted by Gasteiger charge is 2.25. The van der Waals surface area contributed by atoms with Crippen LogP contribution in [0, 0.1) is 6.92 Å². The van der Waals surface area contributed by atoms with Crippen LogP contribution in [-0.4, -0.2) is 49.3 Å². The normalized spacial score (nSPS) is 14.1. The number of thiophene rings is 1. The lowest BCUT2D eigenvalue weighted by atomic mass is 10.1. The molecular weight excluding hydrogens is 414 g/mol. The summed E-state index contributed by atoms with van der Waals surface area (Å²) < 4.78 is 4.99. The van der Waals surface area contributed by atoms with Crippen LogP contribution in [-0.2, 0) is 11.2 Å². The zero-order valence-electron chi connectivity index (χ0n) is 16.3. The molecule has 150 valence electrons. The molecule has 2 aromatic rings. The Kier molecular flexibility index (Phi) is 6.80. The van der Waals surface area contributed by atoms with Crippen LogP contribution in [0.3, 0.4) is 0 Å². The Labute approximate surface area is 180 Å². The van der Waals surface area contributed by atoms with Gasteiger partial charge in [-0.3, -0.25) is 0 Å². The first kappa shape index (κ1) is 20.9. The van der Waals surface area contributed by atoms with E-state index in [9.17, 15) is 4.79 Å². The quantitative estimate of drug-likeness (QED) is 0.558. The molecule has 8 heteroatoms. The summed E-state index contributed by atoms with van der Waals surface area (Å²) in [6.07, 6.45) is 0.777. The third-order valence-corrected chi connectivity index (χ3v) is 6.57. The van der Waals surface area contributed by atoms with Crippen LogP contribution in [0.1, 0.15) is 27.7 Å². The molecule has 1 fully saturated rings. The fraction of sp³-hybridized carbons (Fsp3) is 0.400. The number of thiocarbonyl (C=S) groups is 1. The van der Waals surface area contributed by atoms with Crippen molar-refractivity contribution in [3.05, 3.63) is 45.3 Å². The lowest BCUT2D eigenvalue weighted by Crippen LogP contribution is -2.50. The van der Waals surface area contributed by atoms with Gasteiger partial charge in [0.05, 0.1) is 12.7 Å². The number of methoxy groups -OCH3 is 1. The molecule has 0 amide bonds. The Bertz CT molecular complexity index is 876. The van der Waals surface area contributed by atoms with E-state index in [1.165, 1.54) is 7.11 Å². The number of carbonyl (C=O) groups is 1. The summed E-state index contributed by atoms with van der Waals surface area (Å²) in [6.45, 7) is 7.38. The fourth-order valence-corrected chi connectivity index (χ4v) is 5.09. The molecule has 0 spiro atoms. The number of nitrogens with zero attached hydrogens (tertiary/aromatic N) is 2. The summed E-state index contributed by atoms with van der Waals surface area (Å²) in [7, 11) is 1.41. The van der Waals surface area contributed by atoms with E-state index in [4.69, 9.17) is 28.6 Å². The maximum atomic E-state index is 12.3. The number of rotatable bonds is 4. The van der Waals surface area contributed by atoms with Crippen molar-refractivity contribution in [1.29, 1.82) is 0 Å². The Morgan fingerprint density at radius 3 is 2.64 bits per heavy atom. The molecule has 1 N–H and O–H groups in total. The molecule has 0 unspecified atom stereocenters. The predicted molar refractivity (Wildman–Crippen MR) is 121 cm³/mol. The van der Waals surface area contributed by atoms with Gasteiger partial charge >= 0.3 is 5.97 Å². The zero-order chi connectivity index (χ0) is 20.3. The van der Waals surface area contributed by atoms with Gasteiger partial charge in [-0.15, -0.1) is 11.3 Å². The number of ether oxygens (including phenoxy) is 1. The fourth-order valence-electron chi connectivity index (χ4n) is 3.43. The molecule has 1 aliphatic heterocycles. The largest absolute Gasteiger partial charge is 0.465 e. The molecule has 1 aliphatic rings. The second-order valence-corrected chi connectivity index (χ2v) is 8.62. The average molecular weight is 438 g/mol. The number of anilines is 2. The van der Waals surface area contributed by atoms with Crippen LogP contribution in [0.25, 0.3) is 0 Å². The summed E-state index contributed by atoms with van der Waals surface area (Å²) in [5.41, 5.74) is 2.75. The molecule has 1 aromatic carbocycles.